The molecular weight excluding hydrogens is 416 g/mol. The fourth-order valence-electron chi connectivity index (χ4n) is 3.02. The van der Waals surface area contributed by atoms with Gasteiger partial charge in [-0.3, -0.25) is 0 Å². The van der Waals surface area contributed by atoms with E-state index in [0.29, 0.717) is 27.3 Å². The van der Waals surface area contributed by atoms with E-state index in [4.69, 9.17) is 5.73 Å². The van der Waals surface area contributed by atoms with Crippen LogP contribution in [0.2, 0.25) is 0 Å². The smallest absolute Gasteiger partial charge is 0.375 e. The third-order valence-electron chi connectivity index (χ3n) is 4.52. The van der Waals surface area contributed by atoms with E-state index in [1.54, 1.807) is 31.2 Å². The molecule has 1 radical (unpaired) electrons. The number of rotatable bonds is 4. The summed E-state index contributed by atoms with van der Waals surface area (Å²) in [4.78, 5) is 8.00. The van der Waals surface area contributed by atoms with Gasteiger partial charge in [-0.2, -0.15) is 13.2 Å². The average molecular weight is 431 g/mol. The molecule has 9 heteroatoms. The molecular formula is C21H15F4N4S. The minimum Gasteiger partial charge on any atom is -0.375 e. The van der Waals surface area contributed by atoms with Crippen LogP contribution in [0, 0.1) is 11.9 Å². The second kappa shape index (κ2) is 7.56. The number of alkyl halides is 3. The van der Waals surface area contributed by atoms with Gasteiger partial charge in [-0.05, 0) is 48.4 Å². The Morgan fingerprint density at radius 2 is 1.77 bits per heavy atom. The largest absolute Gasteiger partial charge is 0.433 e. The zero-order chi connectivity index (χ0) is 21.5. The van der Waals surface area contributed by atoms with Crippen LogP contribution in [0.25, 0.3) is 21.3 Å². The number of nitrogens with two attached hydrogens (primary N) is 1. The first kappa shape index (κ1) is 20.1. The van der Waals surface area contributed by atoms with Crippen molar-refractivity contribution < 1.29 is 17.6 Å². The summed E-state index contributed by atoms with van der Waals surface area (Å²) in [7, 11) is 0. The Morgan fingerprint density at radius 3 is 2.47 bits per heavy atom. The van der Waals surface area contributed by atoms with Gasteiger partial charge in [-0.15, -0.1) is 0 Å². The number of nitrogen functional groups attached to an aromatic ring is 1. The summed E-state index contributed by atoms with van der Waals surface area (Å²) >= 11 is 1.30. The monoisotopic (exact) mass is 431 g/mol. The fourth-order valence-corrected chi connectivity index (χ4v) is 3.71. The summed E-state index contributed by atoms with van der Waals surface area (Å²) in [5, 5.41) is 3.40. The van der Waals surface area contributed by atoms with Crippen molar-refractivity contribution in [2.24, 2.45) is 0 Å². The van der Waals surface area contributed by atoms with Crippen LogP contribution in [0.3, 0.4) is 0 Å². The molecule has 0 aliphatic heterocycles. The van der Waals surface area contributed by atoms with E-state index in [-0.39, 0.29) is 5.82 Å². The third-order valence-corrected chi connectivity index (χ3v) is 5.37. The van der Waals surface area contributed by atoms with Crippen LogP contribution in [0.4, 0.5) is 28.5 Å². The van der Waals surface area contributed by atoms with Crippen LogP contribution >= 0.6 is 11.3 Å². The zero-order valence-corrected chi connectivity index (χ0v) is 16.4. The summed E-state index contributed by atoms with van der Waals surface area (Å²) in [6.45, 7) is 1.76. The number of hydrogen-bond donors (Lipinski definition) is 2. The van der Waals surface area contributed by atoms with E-state index in [1.165, 1.54) is 29.5 Å². The van der Waals surface area contributed by atoms with Crippen LogP contribution in [0.15, 0.2) is 48.5 Å². The van der Waals surface area contributed by atoms with Crippen LogP contribution in [0.1, 0.15) is 24.2 Å². The first-order valence-electron chi connectivity index (χ1n) is 8.89. The van der Waals surface area contributed by atoms with Gasteiger partial charge < -0.3 is 11.1 Å². The number of anilines is 2. The highest BCUT2D eigenvalue weighted by Gasteiger charge is 2.33. The number of pyridine rings is 1. The van der Waals surface area contributed by atoms with Crippen molar-refractivity contribution in [1.82, 2.24) is 9.97 Å². The van der Waals surface area contributed by atoms with Crippen molar-refractivity contribution in [3.05, 3.63) is 71.7 Å². The van der Waals surface area contributed by atoms with Crippen molar-refractivity contribution in [2.45, 2.75) is 19.1 Å². The lowest BCUT2D eigenvalue weighted by Gasteiger charge is -2.19. The molecule has 4 aromatic rings. The topological polar surface area (TPSA) is 63.8 Å². The number of aromatic nitrogens is 2. The highest BCUT2D eigenvalue weighted by Crippen LogP contribution is 2.36. The lowest BCUT2D eigenvalue weighted by molar-refractivity contribution is -0.141. The molecule has 0 saturated heterocycles. The average Bonchev–Trinajstić information content (AvgIpc) is 3.07. The van der Waals surface area contributed by atoms with E-state index in [9.17, 15) is 17.6 Å². The molecule has 0 fully saturated rings. The summed E-state index contributed by atoms with van der Waals surface area (Å²) in [5.74, 6) is -0.352. The lowest BCUT2D eigenvalue weighted by atomic mass is 10.0. The van der Waals surface area contributed by atoms with Gasteiger partial charge in [0, 0.05) is 17.7 Å². The number of nitrogens with one attached hydrogen (secondary N) is 1. The van der Waals surface area contributed by atoms with E-state index in [2.05, 4.69) is 21.4 Å². The molecule has 153 valence electrons. The quantitative estimate of drug-likeness (QED) is 0.385. The Balaban J connectivity index is 1.77. The maximum atomic E-state index is 13.3. The molecule has 0 aliphatic rings. The summed E-state index contributed by atoms with van der Waals surface area (Å²) < 4.78 is 53.8. The molecule has 0 aliphatic carbocycles. The van der Waals surface area contributed by atoms with Crippen molar-refractivity contribution in [2.75, 3.05) is 11.1 Å². The molecule has 4 nitrogen and oxygen atoms in total. The Labute approximate surface area is 173 Å². The van der Waals surface area contributed by atoms with Crippen molar-refractivity contribution in [3.8, 4) is 11.1 Å². The van der Waals surface area contributed by atoms with Gasteiger partial charge >= 0.3 is 6.18 Å². The molecule has 1 unspecified atom stereocenters. The van der Waals surface area contributed by atoms with E-state index < -0.39 is 23.7 Å². The molecule has 2 aromatic carbocycles. The van der Waals surface area contributed by atoms with E-state index in [0.717, 1.165) is 10.8 Å². The van der Waals surface area contributed by atoms with Gasteiger partial charge in [0.2, 0.25) is 0 Å². The fraction of sp³-hybridized carbons (Fsp3) is 0.143. The minimum atomic E-state index is -4.59. The van der Waals surface area contributed by atoms with Crippen molar-refractivity contribution in [3.63, 3.8) is 0 Å². The molecule has 0 amide bonds. The maximum absolute atomic E-state index is 13.3. The van der Waals surface area contributed by atoms with Gasteiger partial charge in [0.15, 0.2) is 5.13 Å². The molecule has 2 heterocycles. The maximum Gasteiger partial charge on any atom is 0.433 e. The Hall–Kier alpha value is -3.20. The van der Waals surface area contributed by atoms with E-state index in [1.807, 2.05) is 0 Å². The van der Waals surface area contributed by atoms with Gasteiger partial charge in [0.1, 0.15) is 17.3 Å². The van der Waals surface area contributed by atoms with Gasteiger partial charge in [-0.1, -0.05) is 29.5 Å². The number of hydrogen-bond acceptors (Lipinski definition) is 5. The van der Waals surface area contributed by atoms with Gasteiger partial charge in [-0.25, -0.2) is 14.4 Å². The molecule has 4 rings (SSSR count). The predicted molar refractivity (Wildman–Crippen MR) is 110 cm³/mol. The molecule has 0 saturated carbocycles. The van der Waals surface area contributed by atoms with Crippen molar-refractivity contribution in [1.29, 1.82) is 0 Å². The summed E-state index contributed by atoms with van der Waals surface area (Å²) in [6, 6.07) is 14.2. The van der Waals surface area contributed by atoms with Crippen LogP contribution in [-0.2, 0) is 6.18 Å². The predicted octanol–water partition coefficient (Wildman–Crippen LogP) is 6.07. The van der Waals surface area contributed by atoms with Gasteiger partial charge in [0.25, 0.3) is 0 Å². The van der Waals surface area contributed by atoms with Crippen molar-refractivity contribution >= 4 is 32.5 Å². The molecule has 1 atom stereocenters. The standard InChI is InChI=1S/C21H15F4N4S/c1-11(12-2-5-14(22)6-3-12)27-19-15(7-9-18(29-19)21(23,24)25)13-4-8-17-16(10-13)28-20(26)30-17/h2-9,11H,1H3,(H2,26,28)(H,27,29). The molecule has 3 N–H and O–H groups in total. The highest BCUT2D eigenvalue weighted by atomic mass is 32.1. The molecule has 0 bridgehead atoms. The van der Waals surface area contributed by atoms with Crippen LogP contribution in [0.5, 0.6) is 0 Å². The van der Waals surface area contributed by atoms with Crippen LogP contribution in [-0.4, -0.2) is 9.97 Å². The molecule has 2 aromatic heterocycles. The number of fused-ring (bicyclic) bond motifs is 1. The van der Waals surface area contributed by atoms with Gasteiger partial charge in [0.05, 0.1) is 10.2 Å². The lowest BCUT2D eigenvalue weighted by Crippen LogP contribution is -2.13. The Bertz CT molecular complexity index is 1200. The second-order valence-electron chi connectivity index (χ2n) is 6.64. The zero-order valence-electron chi connectivity index (χ0n) is 15.6. The molecule has 0 spiro atoms. The third kappa shape index (κ3) is 4.06. The summed E-state index contributed by atoms with van der Waals surface area (Å²) in [5.41, 5.74) is 6.92. The number of halogens is 4. The number of thiazole rings is 1. The number of benzene rings is 2. The van der Waals surface area contributed by atoms with Crippen LogP contribution < -0.4 is 11.1 Å². The Kier molecular flexibility index (Phi) is 5.07. The van der Waals surface area contributed by atoms with E-state index >= 15 is 0 Å². The highest BCUT2D eigenvalue weighted by molar-refractivity contribution is 7.22. The SMILES string of the molecule is CC(Nc1nc(C(F)(F)F)ccc1-c1[c]c2nc(N)sc2cc1)c1ccc(F)cc1. The first-order valence-corrected chi connectivity index (χ1v) is 9.71. The number of nitrogens with zero attached hydrogens (tertiary/aromatic N) is 2. The Morgan fingerprint density at radius 1 is 1.03 bits per heavy atom. The molecule has 30 heavy (non-hydrogen) atoms. The normalized spacial score (nSPS) is 12.8. The second-order valence-corrected chi connectivity index (χ2v) is 7.71. The minimum absolute atomic E-state index is 0.0421. The summed E-state index contributed by atoms with van der Waals surface area (Å²) in [6.07, 6.45) is -4.59. The first-order chi connectivity index (χ1) is 14.2.